The summed E-state index contributed by atoms with van der Waals surface area (Å²) in [6.07, 6.45) is 6.67. The Balaban J connectivity index is 0.747. The quantitative estimate of drug-likeness (QED) is 0.0668. The van der Waals surface area contributed by atoms with E-state index in [-0.39, 0.29) is 61.7 Å². The second-order valence-corrected chi connectivity index (χ2v) is 27.0. The first-order chi connectivity index (χ1) is 37.8. The SMILES string of the molecule is Cc1ncsc1-c1ccc(CNC(=O)[C@@H]2C[C@@H](O)CN2C(=O)[C@@H](NC(=O)C2(F)CC2)C(C)(C)C)c(OC2CCC(C(=O)N3CC(Nc4cccc(Sc5cnc(N6CCC(C)(CNC(=O)OC(C)(C)C)CC6)cn5)c4Cl)C3)CC2)c1. The molecule has 9 rings (SSSR count). The molecule has 5 N–H and O–H groups in total. The summed E-state index contributed by atoms with van der Waals surface area (Å²) in [4.78, 5) is 88.1. The van der Waals surface area contributed by atoms with Crippen LogP contribution in [0.5, 0.6) is 5.75 Å². The number of alkyl carbamates (subject to hydrolysis) is 1. The van der Waals surface area contributed by atoms with Crippen molar-refractivity contribution >= 4 is 75.9 Å². The fourth-order valence-electron chi connectivity index (χ4n) is 10.8. The molecule has 2 aromatic heterocycles. The van der Waals surface area contributed by atoms with Gasteiger partial charge in [-0.05, 0) is 114 Å². The highest BCUT2D eigenvalue weighted by Gasteiger charge is 2.53. The normalized spacial score (nSPS) is 22.2. The smallest absolute Gasteiger partial charge is 0.407 e. The van der Waals surface area contributed by atoms with Crippen molar-refractivity contribution in [3.63, 3.8) is 0 Å². The number of likely N-dealkylation sites (tertiary alicyclic amines) is 2. The monoisotopic (exact) mass is 1160 g/mol. The molecule has 22 heteroatoms. The van der Waals surface area contributed by atoms with Crippen LogP contribution in [-0.2, 0) is 30.5 Å². The number of hydrogen-bond donors (Lipinski definition) is 5. The summed E-state index contributed by atoms with van der Waals surface area (Å²) in [7, 11) is 0. The number of aromatic nitrogens is 3. The Hall–Kier alpha value is -5.77. The lowest BCUT2D eigenvalue weighted by atomic mass is 9.80. The number of alkyl halides is 1. The molecule has 5 aliphatic rings. The number of carbonyl (C=O) groups is 5. The van der Waals surface area contributed by atoms with Crippen LogP contribution in [0.2, 0.25) is 5.02 Å². The lowest BCUT2D eigenvalue weighted by Gasteiger charge is -2.43. The number of rotatable bonds is 17. The number of piperidine rings is 1. The second-order valence-electron chi connectivity index (χ2n) is 24.7. The van der Waals surface area contributed by atoms with Crippen molar-refractivity contribution in [2.75, 3.05) is 49.5 Å². The number of halogens is 2. The maximum Gasteiger partial charge on any atom is 0.407 e. The molecule has 80 heavy (non-hydrogen) atoms. The summed E-state index contributed by atoms with van der Waals surface area (Å²) in [6, 6.07) is 9.60. The molecule has 3 saturated heterocycles. The number of hydrogen-bond acceptors (Lipinski definition) is 15. The first-order valence-corrected chi connectivity index (χ1v) is 29.9. The minimum absolute atomic E-state index is 0.0102. The van der Waals surface area contributed by atoms with Gasteiger partial charge in [-0.3, -0.25) is 19.2 Å². The molecule has 0 spiro atoms. The van der Waals surface area contributed by atoms with Crippen LogP contribution in [0.3, 0.4) is 0 Å². The van der Waals surface area contributed by atoms with E-state index in [9.17, 15) is 33.5 Å². The number of aliphatic hydroxyl groups excluding tert-OH is 1. The van der Waals surface area contributed by atoms with Gasteiger partial charge in [-0.15, -0.1) is 11.3 Å². The van der Waals surface area contributed by atoms with Crippen molar-refractivity contribution in [3.05, 3.63) is 70.6 Å². The van der Waals surface area contributed by atoms with Crippen LogP contribution in [0.1, 0.15) is 118 Å². The Morgan fingerprint density at radius 2 is 1.66 bits per heavy atom. The molecule has 2 saturated carbocycles. The van der Waals surface area contributed by atoms with Crippen LogP contribution in [0, 0.1) is 23.7 Å². The third kappa shape index (κ3) is 14.3. The van der Waals surface area contributed by atoms with Crippen LogP contribution in [0.15, 0.2) is 64.2 Å². The average molecular weight is 1160 g/mol. The molecule has 3 aliphatic heterocycles. The van der Waals surface area contributed by atoms with Gasteiger partial charge in [-0.25, -0.2) is 24.1 Å². The summed E-state index contributed by atoms with van der Waals surface area (Å²) in [5.74, 6) is -0.459. The van der Waals surface area contributed by atoms with E-state index in [1.165, 1.54) is 28.0 Å². The molecule has 0 radical (unpaired) electrons. The summed E-state index contributed by atoms with van der Waals surface area (Å²) < 4.78 is 26.9. The van der Waals surface area contributed by atoms with Gasteiger partial charge >= 0.3 is 6.09 Å². The third-order valence-corrected chi connectivity index (χ3v) is 18.4. The highest BCUT2D eigenvalue weighted by Crippen LogP contribution is 2.42. The van der Waals surface area contributed by atoms with E-state index in [2.05, 4.69) is 38.1 Å². The Labute approximate surface area is 481 Å². The van der Waals surface area contributed by atoms with Gasteiger partial charge < -0.3 is 50.5 Å². The van der Waals surface area contributed by atoms with Gasteiger partial charge in [0.1, 0.15) is 34.3 Å². The molecule has 0 bridgehead atoms. The van der Waals surface area contributed by atoms with E-state index in [0.29, 0.717) is 66.7 Å². The number of ether oxygens (including phenoxy) is 2. The Morgan fingerprint density at radius 1 is 0.938 bits per heavy atom. The molecule has 5 heterocycles. The van der Waals surface area contributed by atoms with Gasteiger partial charge in [0.25, 0.3) is 5.91 Å². The van der Waals surface area contributed by atoms with Gasteiger partial charge in [-0.1, -0.05) is 69.3 Å². The highest BCUT2D eigenvalue weighted by atomic mass is 35.5. The van der Waals surface area contributed by atoms with Gasteiger partial charge in [0.15, 0.2) is 5.67 Å². The highest BCUT2D eigenvalue weighted by molar-refractivity contribution is 7.99. The zero-order chi connectivity index (χ0) is 57.3. The van der Waals surface area contributed by atoms with E-state index < -0.39 is 58.7 Å². The minimum atomic E-state index is -1.99. The lowest BCUT2D eigenvalue weighted by Crippen LogP contribution is -2.59. The van der Waals surface area contributed by atoms with Crippen molar-refractivity contribution in [2.45, 2.75) is 171 Å². The van der Waals surface area contributed by atoms with E-state index in [4.69, 9.17) is 31.0 Å². The van der Waals surface area contributed by atoms with Gasteiger partial charge in [-0.2, -0.15) is 0 Å². The van der Waals surface area contributed by atoms with Crippen molar-refractivity contribution in [1.29, 1.82) is 0 Å². The standard InChI is InChI=1S/C58H76ClFN10O8S2/c1-34-48(79-33-65-34)36-12-13-37(26-63-50(72)42-25-39(71)31-70(42)52(74)49(55(2,3)4)67-53(75)58(60)18-19-58)43(24-36)77-40-16-14-35(15-17-40)51(73)69-29-38(30-69)66-41-10-9-11-44(47(41)59)80-46-28-61-45(27-62-46)68-22-20-57(8,21-23-68)32-64-54(76)78-56(5,6)7/h9-13,24,27-28,33,35,38-40,42,49,66,71H,14-23,25-26,29-32H2,1-8H3,(H,63,72)(H,64,76)(H,67,75)/t35?,39-,40?,42+,49-/m1/s1. The predicted molar refractivity (Wildman–Crippen MR) is 306 cm³/mol. The number of nitrogens with zero attached hydrogens (tertiary/aromatic N) is 6. The lowest BCUT2D eigenvalue weighted by molar-refractivity contribution is -0.145. The molecule has 2 aliphatic carbocycles. The number of β-amino-alcohol motifs (C(OH)–C–C–N with tert-alkyl or cyclic N) is 1. The largest absolute Gasteiger partial charge is 0.490 e. The molecular weight excluding hydrogens is 1080 g/mol. The Kier molecular flexibility index (Phi) is 17.6. The first-order valence-electron chi connectivity index (χ1n) is 27.9. The molecule has 4 aromatic rings. The van der Waals surface area contributed by atoms with E-state index in [0.717, 1.165) is 58.5 Å². The van der Waals surface area contributed by atoms with E-state index >= 15 is 0 Å². The molecule has 432 valence electrons. The summed E-state index contributed by atoms with van der Waals surface area (Å²) >= 11 is 9.94. The average Bonchev–Trinajstić information content (AvgIpc) is 3.91. The molecule has 0 unspecified atom stereocenters. The van der Waals surface area contributed by atoms with Gasteiger partial charge in [0.05, 0.1) is 57.4 Å². The zero-order valence-corrected chi connectivity index (χ0v) is 49.4. The van der Waals surface area contributed by atoms with E-state index in [1.54, 1.807) is 38.7 Å². The zero-order valence-electron chi connectivity index (χ0n) is 47.0. The van der Waals surface area contributed by atoms with Crippen molar-refractivity contribution in [3.8, 4) is 16.2 Å². The number of aryl methyl sites for hydroxylation is 1. The first kappa shape index (κ1) is 58.9. The van der Waals surface area contributed by atoms with Crippen LogP contribution < -0.4 is 30.9 Å². The number of aliphatic hydroxyl groups is 1. The number of thiazole rings is 1. The van der Waals surface area contributed by atoms with E-state index in [1.807, 2.05) is 69.0 Å². The Morgan fingerprint density at radius 3 is 2.30 bits per heavy atom. The maximum absolute atomic E-state index is 14.7. The number of carbonyl (C=O) groups excluding carboxylic acids is 5. The summed E-state index contributed by atoms with van der Waals surface area (Å²) in [5.41, 5.74) is 1.73. The predicted octanol–water partition coefficient (Wildman–Crippen LogP) is 8.72. The van der Waals surface area contributed by atoms with Crippen LogP contribution in [-0.4, -0.2) is 140 Å². The van der Waals surface area contributed by atoms with Crippen LogP contribution >= 0.6 is 34.7 Å². The van der Waals surface area contributed by atoms with Crippen molar-refractivity contribution in [1.82, 2.24) is 40.7 Å². The second kappa shape index (κ2) is 24.0. The minimum Gasteiger partial charge on any atom is -0.490 e. The molecule has 3 atom stereocenters. The van der Waals surface area contributed by atoms with Crippen LogP contribution in [0.25, 0.3) is 10.4 Å². The summed E-state index contributed by atoms with van der Waals surface area (Å²) in [5, 5.41) is 24.1. The van der Waals surface area contributed by atoms with Gasteiger partial charge in [0.2, 0.25) is 17.7 Å². The topological polar surface area (TPSA) is 221 Å². The van der Waals surface area contributed by atoms with Gasteiger partial charge in [0, 0.05) is 68.6 Å². The molecular formula is C58H76ClFN10O8S2. The molecule has 2 aromatic carbocycles. The fraction of sp³-hybridized carbons (Fsp3) is 0.586. The number of benzene rings is 2. The number of anilines is 2. The molecule has 18 nitrogen and oxygen atoms in total. The maximum atomic E-state index is 14.7. The van der Waals surface area contributed by atoms with Crippen molar-refractivity contribution in [2.24, 2.45) is 16.7 Å². The fourth-order valence-corrected chi connectivity index (χ4v) is 12.7. The number of nitrogens with one attached hydrogen (secondary N) is 4. The molecule has 5 amide bonds. The molecule has 5 fully saturated rings. The van der Waals surface area contributed by atoms with Crippen LogP contribution in [0.4, 0.5) is 20.7 Å². The number of amides is 5. The summed E-state index contributed by atoms with van der Waals surface area (Å²) in [6.45, 7) is 18.2. The Bertz CT molecular complexity index is 2910. The third-order valence-electron chi connectivity index (χ3n) is 15.9. The van der Waals surface area contributed by atoms with Crippen molar-refractivity contribution < 1.29 is 42.9 Å².